The van der Waals surface area contributed by atoms with Gasteiger partial charge in [0.2, 0.25) is 0 Å². The highest BCUT2D eigenvalue weighted by Gasteiger charge is 2.24. The molecule has 0 bridgehead atoms. The van der Waals surface area contributed by atoms with E-state index in [4.69, 9.17) is 0 Å². The second kappa shape index (κ2) is 7.19. The zero-order chi connectivity index (χ0) is 14.5. The van der Waals surface area contributed by atoms with E-state index < -0.39 is 0 Å². The maximum absolute atomic E-state index is 13.4. The molecule has 2 rings (SSSR count). The van der Waals surface area contributed by atoms with Gasteiger partial charge in [0.05, 0.1) is 0 Å². The first-order valence-electron chi connectivity index (χ1n) is 7.81. The SMILES string of the molecule is CCNC(C)C1CCCN(Cc2cc(F)ccc2C)C1. The summed E-state index contributed by atoms with van der Waals surface area (Å²) >= 11 is 0. The molecule has 1 N–H and O–H groups in total. The van der Waals surface area contributed by atoms with Gasteiger partial charge in [-0.2, -0.15) is 0 Å². The average molecular weight is 278 g/mol. The van der Waals surface area contributed by atoms with Crippen molar-refractivity contribution in [2.75, 3.05) is 19.6 Å². The highest BCUT2D eigenvalue weighted by atomic mass is 19.1. The molecule has 1 fully saturated rings. The van der Waals surface area contributed by atoms with Crippen molar-refractivity contribution in [3.63, 3.8) is 0 Å². The van der Waals surface area contributed by atoms with Gasteiger partial charge in [0.1, 0.15) is 5.82 Å². The standard InChI is InChI=1S/C17H27FN2/c1-4-19-14(3)15-6-5-9-20(11-15)12-16-10-17(18)8-7-13(16)2/h7-8,10,14-15,19H,4-6,9,11-12H2,1-3H3. The van der Waals surface area contributed by atoms with Crippen LogP contribution in [0, 0.1) is 18.7 Å². The largest absolute Gasteiger partial charge is 0.314 e. The lowest BCUT2D eigenvalue weighted by molar-refractivity contribution is 0.145. The minimum Gasteiger partial charge on any atom is -0.314 e. The lowest BCUT2D eigenvalue weighted by Crippen LogP contribution is -2.44. The molecule has 0 amide bonds. The predicted octanol–water partition coefficient (Wildman–Crippen LogP) is 3.34. The first kappa shape index (κ1) is 15.5. The van der Waals surface area contributed by atoms with E-state index >= 15 is 0 Å². The highest BCUT2D eigenvalue weighted by molar-refractivity contribution is 5.26. The number of piperidine rings is 1. The average Bonchev–Trinajstić information content (AvgIpc) is 2.43. The van der Waals surface area contributed by atoms with Crippen LogP contribution in [0.15, 0.2) is 18.2 Å². The van der Waals surface area contributed by atoms with Gasteiger partial charge in [-0.15, -0.1) is 0 Å². The van der Waals surface area contributed by atoms with E-state index in [0.717, 1.165) is 31.7 Å². The van der Waals surface area contributed by atoms with E-state index in [1.807, 2.05) is 6.07 Å². The molecule has 3 heteroatoms. The van der Waals surface area contributed by atoms with E-state index in [1.165, 1.54) is 18.4 Å². The van der Waals surface area contributed by atoms with Crippen LogP contribution in [0.1, 0.15) is 37.8 Å². The smallest absolute Gasteiger partial charge is 0.123 e. The molecule has 0 aromatic heterocycles. The van der Waals surface area contributed by atoms with E-state index in [2.05, 4.69) is 31.0 Å². The van der Waals surface area contributed by atoms with E-state index in [0.29, 0.717) is 12.0 Å². The first-order chi connectivity index (χ1) is 9.60. The molecule has 1 aliphatic rings. The monoisotopic (exact) mass is 278 g/mol. The molecule has 1 aromatic rings. The van der Waals surface area contributed by atoms with Crippen LogP contribution in [-0.4, -0.2) is 30.6 Å². The number of hydrogen-bond donors (Lipinski definition) is 1. The minimum atomic E-state index is -0.125. The van der Waals surface area contributed by atoms with Gasteiger partial charge in [0.25, 0.3) is 0 Å². The summed E-state index contributed by atoms with van der Waals surface area (Å²) in [4.78, 5) is 2.48. The van der Waals surface area contributed by atoms with Crippen LogP contribution in [0.3, 0.4) is 0 Å². The van der Waals surface area contributed by atoms with Crippen molar-refractivity contribution in [2.24, 2.45) is 5.92 Å². The van der Waals surface area contributed by atoms with Gasteiger partial charge in [-0.05, 0) is 69.0 Å². The topological polar surface area (TPSA) is 15.3 Å². The fraction of sp³-hybridized carbons (Fsp3) is 0.647. The summed E-state index contributed by atoms with van der Waals surface area (Å²) < 4.78 is 13.4. The molecular formula is C17H27FN2. The lowest BCUT2D eigenvalue weighted by atomic mass is 9.91. The zero-order valence-electron chi connectivity index (χ0n) is 13.0. The van der Waals surface area contributed by atoms with Gasteiger partial charge in [0.15, 0.2) is 0 Å². The van der Waals surface area contributed by atoms with Crippen molar-refractivity contribution < 1.29 is 4.39 Å². The van der Waals surface area contributed by atoms with Gasteiger partial charge < -0.3 is 5.32 Å². The van der Waals surface area contributed by atoms with Crippen molar-refractivity contribution in [3.8, 4) is 0 Å². The van der Waals surface area contributed by atoms with E-state index in [1.54, 1.807) is 12.1 Å². The van der Waals surface area contributed by atoms with Gasteiger partial charge >= 0.3 is 0 Å². The molecule has 112 valence electrons. The van der Waals surface area contributed by atoms with Crippen LogP contribution < -0.4 is 5.32 Å². The number of rotatable bonds is 5. The minimum absolute atomic E-state index is 0.125. The Labute approximate surface area is 122 Å². The summed E-state index contributed by atoms with van der Waals surface area (Å²) in [6.07, 6.45) is 2.54. The molecule has 1 aliphatic heterocycles. The quantitative estimate of drug-likeness (QED) is 0.888. The first-order valence-corrected chi connectivity index (χ1v) is 7.81. The molecule has 1 heterocycles. The molecule has 1 saturated heterocycles. The fourth-order valence-corrected chi connectivity index (χ4v) is 3.18. The molecule has 2 unspecified atom stereocenters. The molecular weight excluding hydrogens is 251 g/mol. The molecule has 0 saturated carbocycles. The third kappa shape index (κ3) is 4.03. The second-order valence-electron chi connectivity index (χ2n) is 6.05. The van der Waals surface area contributed by atoms with Gasteiger partial charge in [-0.3, -0.25) is 4.90 Å². The number of nitrogens with zero attached hydrogens (tertiary/aromatic N) is 1. The summed E-state index contributed by atoms with van der Waals surface area (Å²) in [5.74, 6) is 0.581. The van der Waals surface area contributed by atoms with Crippen LogP contribution in [0.4, 0.5) is 4.39 Å². The summed E-state index contributed by atoms with van der Waals surface area (Å²) in [6.45, 7) is 10.7. The van der Waals surface area contributed by atoms with E-state index in [-0.39, 0.29) is 5.82 Å². The van der Waals surface area contributed by atoms with Crippen LogP contribution in [0.25, 0.3) is 0 Å². The van der Waals surface area contributed by atoms with Crippen molar-refractivity contribution in [1.29, 1.82) is 0 Å². The Balaban J connectivity index is 1.97. The zero-order valence-corrected chi connectivity index (χ0v) is 13.0. The summed E-state index contributed by atoms with van der Waals surface area (Å²) in [7, 11) is 0. The molecule has 2 nitrogen and oxygen atoms in total. The molecule has 2 atom stereocenters. The van der Waals surface area contributed by atoms with Crippen molar-refractivity contribution in [1.82, 2.24) is 10.2 Å². The van der Waals surface area contributed by atoms with Crippen LogP contribution in [0.2, 0.25) is 0 Å². The van der Waals surface area contributed by atoms with Gasteiger partial charge in [-0.25, -0.2) is 4.39 Å². The second-order valence-corrected chi connectivity index (χ2v) is 6.05. The van der Waals surface area contributed by atoms with Crippen LogP contribution in [-0.2, 0) is 6.54 Å². The Morgan fingerprint density at radius 3 is 3.00 bits per heavy atom. The van der Waals surface area contributed by atoms with Gasteiger partial charge in [0, 0.05) is 19.1 Å². The van der Waals surface area contributed by atoms with Crippen molar-refractivity contribution in [3.05, 3.63) is 35.1 Å². The normalized spacial score (nSPS) is 21.9. The molecule has 1 aromatic carbocycles. The fourth-order valence-electron chi connectivity index (χ4n) is 3.18. The van der Waals surface area contributed by atoms with Crippen LogP contribution >= 0.6 is 0 Å². The summed E-state index contributed by atoms with van der Waals surface area (Å²) in [5.41, 5.74) is 2.31. The predicted molar refractivity (Wildman–Crippen MR) is 82.3 cm³/mol. The summed E-state index contributed by atoms with van der Waals surface area (Å²) in [6, 6.07) is 5.68. The third-order valence-corrected chi connectivity index (χ3v) is 4.48. The molecule has 0 aliphatic carbocycles. The maximum atomic E-state index is 13.4. The Morgan fingerprint density at radius 2 is 2.25 bits per heavy atom. The number of benzene rings is 1. The maximum Gasteiger partial charge on any atom is 0.123 e. The van der Waals surface area contributed by atoms with Crippen molar-refractivity contribution in [2.45, 2.75) is 46.2 Å². The third-order valence-electron chi connectivity index (χ3n) is 4.48. The Kier molecular flexibility index (Phi) is 5.55. The van der Waals surface area contributed by atoms with Crippen LogP contribution in [0.5, 0.6) is 0 Å². The van der Waals surface area contributed by atoms with E-state index in [9.17, 15) is 4.39 Å². The number of likely N-dealkylation sites (tertiary alicyclic amines) is 1. The Morgan fingerprint density at radius 1 is 1.45 bits per heavy atom. The lowest BCUT2D eigenvalue weighted by Gasteiger charge is -2.36. The molecule has 20 heavy (non-hydrogen) atoms. The Bertz CT molecular complexity index is 433. The number of nitrogens with one attached hydrogen (secondary N) is 1. The number of halogens is 1. The van der Waals surface area contributed by atoms with Crippen molar-refractivity contribution >= 4 is 0 Å². The van der Waals surface area contributed by atoms with Gasteiger partial charge in [-0.1, -0.05) is 13.0 Å². The summed E-state index contributed by atoms with van der Waals surface area (Å²) in [5, 5.41) is 3.53. The number of hydrogen-bond acceptors (Lipinski definition) is 2. The molecule has 0 spiro atoms. The highest BCUT2D eigenvalue weighted by Crippen LogP contribution is 2.22. The Hall–Kier alpha value is -0.930. The molecule has 0 radical (unpaired) electrons. The number of aryl methyl sites for hydroxylation is 1.